The molecule has 0 aromatic heterocycles. The molecule has 1 N–H and O–H groups in total. The van der Waals surface area contributed by atoms with E-state index in [-0.39, 0.29) is 18.2 Å². The van der Waals surface area contributed by atoms with E-state index in [9.17, 15) is 4.79 Å². The molecular formula is C24H32ClN3O2. The molecule has 0 aliphatic carbocycles. The average molecular weight is 430 g/mol. The Morgan fingerprint density at radius 3 is 2.57 bits per heavy atom. The summed E-state index contributed by atoms with van der Waals surface area (Å²) >= 11 is 6.29. The molecule has 162 valence electrons. The van der Waals surface area contributed by atoms with Gasteiger partial charge >= 0.3 is 6.09 Å². The Morgan fingerprint density at radius 1 is 1.23 bits per heavy atom. The second-order valence-electron chi connectivity index (χ2n) is 8.66. The quantitative estimate of drug-likeness (QED) is 0.730. The van der Waals surface area contributed by atoms with Crippen LogP contribution in [-0.2, 0) is 4.74 Å². The lowest BCUT2D eigenvalue weighted by Crippen LogP contribution is -2.53. The zero-order valence-electron chi connectivity index (χ0n) is 18.3. The maximum Gasteiger partial charge on any atom is 0.410 e. The Labute approximate surface area is 185 Å². The normalized spacial score (nSPS) is 21.0. The van der Waals surface area contributed by atoms with E-state index in [1.165, 1.54) is 5.56 Å². The van der Waals surface area contributed by atoms with Crippen molar-refractivity contribution in [2.75, 3.05) is 26.2 Å². The third-order valence-corrected chi connectivity index (χ3v) is 5.46. The Hall–Kier alpha value is -2.24. The molecule has 1 amide bonds. The van der Waals surface area contributed by atoms with Crippen LogP contribution in [0.4, 0.5) is 4.79 Å². The van der Waals surface area contributed by atoms with Gasteiger partial charge in [-0.15, -0.1) is 0 Å². The lowest BCUT2D eigenvalue weighted by molar-refractivity contribution is 0.00913. The number of hydrogen-bond donors (Lipinski definition) is 1. The number of hydrogen-bond acceptors (Lipinski definition) is 4. The molecule has 2 aliphatic heterocycles. The van der Waals surface area contributed by atoms with E-state index in [1.54, 1.807) is 4.90 Å². The Bertz CT molecular complexity index is 833. The molecule has 2 heterocycles. The third-order valence-electron chi connectivity index (χ3n) is 5.23. The van der Waals surface area contributed by atoms with Crippen molar-refractivity contribution in [2.45, 2.75) is 45.4 Å². The van der Waals surface area contributed by atoms with E-state index in [0.717, 1.165) is 23.7 Å². The Kier molecular flexibility index (Phi) is 7.27. The highest BCUT2D eigenvalue weighted by molar-refractivity contribution is 6.30. The smallest absolute Gasteiger partial charge is 0.410 e. The highest BCUT2D eigenvalue weighted by Crippen LogP contribution is 2.32. The van der Waals surface area contributed by atoms with Gasteiger partial charge in [0.25, 0.3) is 0 Å². The van der Waals surface area contributed by atoms with Gasteiger partial charge in [0, 0.05) is 31.2 Å². The van der Waals surface area contributed by atoms with Gasteiger partial charge in [0.05, 0.1) is 12.1 Å². The fourth-order valence-electron chi connectivity index (χ4n) is 3.92. The SMILES string of the molecule is C/C=C\c1cc(Cl)ccc1C(C1C=CC=CN1)N1CCN(C(=O)OC(C)(C)C)CC1. The molecule has 2 aliphatic rings. The minimum Gasteiger partial charge on any atom is -0.444 e. The molecule has 1 aromatic carbocycles. The van der Waals surface area contributed by atoms with E-state index in [4.69, 9.17) is 16.3 Å². The third kappa shape index (κ3) is 5.67. The molecule has 1 fully saturated rings. The van der Waals surface area contributed by atoms with Gasteiger partial charge in [-0.25, -0.2) is 4.79 Å². The van der Waals surface area contributed by atoms with Crippen LogP contribution in [0.1, 0.15) is 44.9 Å². The Balaban J connectivity index is 1.83. The lowest BCUT2D eigenvalue weighted by atomic mass is 9.91. The van der Waals surface area contributed by atoms with Crippen LogP contribution in [0.5, 0.6) is 0 Å². The molecule has 3 rings (SSSR count). The van der Waals surface area contributed by atoms with Crippen LogP contribution in [0, 0.1) is 0 Å². The van der Waals surface area contributed by atoms with Crippen LogP contribution in [0.15, 0.2) is 48.7 Å². The number of dihydropyridines is 1. The van der Waals surface area contributed by atoms with Gasteiger partial charge in [0.1, 0.15) is 5.60 Å². The summed E-state index contributed by atoms with van der Waals surface area (Å²) in [7, 11) is 0. The van der Waals surface area contributed by atoms with Crippen molar-refractivity contribution in [3.63, 3.8) is 0 Å². The fraction of sp³-hybridized carbons (Fsp3) is 0.458. The number of piperazine rings is 1. The van der Waals surface area contributed by atoms with Crippen molar-refractivity contribution in [2.24, 2.45) is 0 Å². The summed E-state index contributed by atoms with van der Waals surface area (Å²) in [6.07, 6.45) is 12.2. The van der Waals surface area contributed by atoms with Crippen LogP contribution in [0.2, 0.25) is 5.02 Å². The second-order valence-corrected chi connectivity index (χ2v) is 9.09. The maximum absolute atomic E-state index is 12.5. The van der Waals surface area contributed by atoms with Gasteiger partial charge in [-0.1, -0.05) is 42.0 Å². The minimum absolute atomic E-state index is 0.121. The van der Waals surface area contributed by atoms with Crippen LogP contribution in [0.3, 0.4) is 0 Å². The first-order valence-electron chi connectivity index (χ1n) is 10.5. The largest absolute Gasteiger partial charge is 0.444 e. The van der Waals surface area contributed by atoms with Gasteiger partial charge in [0.2, 0.25) is 0 Å². The van der Waals surface area contributed by atoms with Crippen LogP contribution in [-0.4, -0.2) is 53.7 Å². The number of nitrogens with one attached hydrogen (secondary N) is 1. The van der Waals surface area contributed by atoms with E-state index >= 15 is 0 Å². The van der Waals surface area contributed by atoms with Crippen molar-refractivity contribution >= 4 is 23.8 Å². The highest BCUT2D eigenvalue weighted by Gasteiger charge is 2.33. The molecular weight excluding hydrogens is 398 g/mol. The standard InChI is InChI=1S/C24H32ClN3O2/c1-5-8-18-17-19(25)10-11-20(18)22(21-9-6-7-12-26-21)27-13-15-28(16-14-27)23(29)30-24(2,3)4/h5-12,17,21-22,26H,13-16H2,1-4H3/b8-5-. The summed E-state index contributed by atoms with van der Waals surface area (Å²) in [5, 5.41) is 4.22. The summed E-state index contributed by atoms with van der Waals surface area (Å²) in [6.45, 7) is 10.5. The molecule has 1 saturated heterocycles. The predicted molar refractivity (Wildman–Crippen MR) is 123 cm³/mol. The van der Waals surface area contributed by atoms with Crippen LogP contribution >= 0.6 is 11.6 Å². The fourth-order valence-corrected chi connectivity index (χ4v) is 4.10. The van der Waals surface area contributed by atoms with Crippen molar-refractivity contribution in [1.82, 2.24) is 15.1 Å². The summed E-state index contributed by atoms with van der Waals surface area (Å²) in [6, 6.07) is 6.35. The van der Waals surface area contributed by atoms with Crippen LogP contribution in [0.25, 0.3) is 6.08 Å². The average Bonchev–Trinajstić information content (AvgIpc) is 2.70. The van der Waals surface area contributed by atoms with Crippen molar-refractivity contribution in [1.29, 1.82) is 0 Å². The molecule has 30 heavy (non-hydrogen) atoms. The minimum atomic E-state index is -0.482. The zero-order chi connectivity index (χ0) is 21.7. The van der Waals surface area contributed by atoms with E-state index in [0.29, 0.717) is 13.1 Å². The molecule has 1 aromatic rings. The number of halogens is 1. The number of ether oxygens (including phenoxy) is 1. The zero-order valence-corrected chi connectivity index (χ0v) is 19.0. The molecule has 0 radical (unpaired) electrons. The first-order chi connectivity index (χ1) is 14.3. The van der Waals surface area contributed by atoms with Crippen molar-refractivity contribution in [3.05, 3.63) is 64.9 Å². The number of amides is 1. The van der Waals surface area contributed by atoms with Crippen molar-refractivity contribution in [3.8, 4) is 0 Å². The highest BCUT2D eigenvalue weighted by atomic mass is 35.5. The number of carbonyl (C=O) groups excluding carboxylic acids is 1. The van der Waals surface area contributed by atoms with Crippen molar-refractivity contribution < 1.29 is 9.53 Å². The first-order valence-corrected chi connectivity index (χ1v) is 10.9. The van der Waals surface area contributed by atoms with Crippen LogP contribution < -0.4 is 5.32 Å². The van der Waals surface area contributed by atoms with Gasteiger partial charge in [0.15, 0.2) is 0 Å². The molecule has 5 nitrogen and oxygen atoms in total. The Morgan fingerprint density at radius 2 is 1.97 bits per heavy atom. The maximum atomic E-state index is 12.5. The number of allylic oxidation sites excluding steroid dienone is 3. The van der Waals surface area contributed by atoms with Gasteiger partial charge in [-0.3, -0.25) is 4.90 Å². The van der Waals surface area contributed by atoms with Gasteiger partial charge in [-0.2, -0.15) is 0 Å². The molecule has 0 spiro atoms. The molecule has 6 heteroatoms. The molecule has 0 saturated carbocycles. The second kappa shape index (κ2) is 9.71. The number of benzene rings is 1. The molecule has 0 bridgehead atoms. The van der Waals surface area contributed by atoms with E-state index < -0.39 is 5.60 Å². The van der Waals surface area contributed by atoms with Gasteiger partial charge < -0.3 is 15.0 Å². The number of carbonyl (C=O) groups is 1. The summed E-state index contributed by atoms with van der Waals surface area (Å²) in [4.78, 5) is 16.7. The summed E-state index contributed by atoms with van der Waals surface area (Å²) < 4.78 is 5.55. The number of rotatable bonds is 4. The first kappa shape index (κ1) is 22.4. The topological polar surface area (TPSA) is 44.8 Å². The molecule has 2 atom stereocenters. The number of nitrogens with zero attached hydrogens (tertiary/aromatic N) is 2. The van der Waals surface area contributed by atoms with E-state index in [2.05, 4.69) is 34.5 Å². The lowest BCUT2D eigenvalue weighted by Gasteiger charge is -2.42. The monoisotopic (exact) mass is 429 g/mol. The summed E-state index contributed by atoms with van der Waals surface area (Å²) in [5.41, 5.74) is 1.86. The van der Waals surface area contributed by atoms with E-state index in [1.807, 2.05) is 58.2 Å². The van der Waals surface area contributed by atoms with Gasteiger partial charge in [-0.05, 0) is 63.2 Å². The molecule has 2 unspecified atom stereocenters. The summed E-state index contributed by atoms with van der Waals surface area (Å²) in [5.74, 6) is 0. The predicted octanol–water partition coefficient (Wildman–Crippen LogP) is 5.01.